The monoisotopic (exact) mass is 266 g/mol. The van der Waals surface area contributed by atoms with Crippen molar-refractivity contribution in [2.24, 2.45) is 0 Å². The predicted molar refractivity (Wildman–Crippen MR) is 73.3 cm³/mol. The lowest BCUT2D eigenvalue weighted by atomic mass is 10.1. The molecule has 0 saturated heterocycles. The van der Waals surface area contributed by atoms with Crippen LogP contribution in [0.4, 0.5) is 0 Å². The molecule has 0 aliphatic rings. The van der Waals surface area contributed by atoms with Gasteiger partial charge < -0.3 is 10.1 Å². The van der Waals surface area contributed by atoms with Crippen molar-refractivity contribution >= 4 is 5.97 Å². The highest BCUT2D eigenvalue weighted by Crippen LogP contribution is 2.05. The van der Waals surface area contributed by atoms with Crippen LogP contribution in [0.2, 0.25) is 0 Å². The zero-order chi connectivity index (χ0) is 14.1. The number of rotatable bonds is 9. The van der Waals surface area contributed by atoms with Crippen molar-refractivity contribution in [2.75, 3.05) is 0 Å². The summed E-state index contributed by atoms with van der Waals surface area (Å²) < 4.78 is 0. The minimum atomic E-state index is -0.815. The second-order valence-electron chi connectivity index (χ2n) is 4.74. The summed E-state index contributed by atoms with van der Waals surface area (Å²) in [4.78, 5) is 29.0. The summed E-state index contributed by atoms with van der Waals surface area (Å²) in [7, 11) is 0. The Labute approximate surface area is 113 Å². The normalized spacial score (nSPS) is 10.6. The number of carbonyl (C=O) groups is 1. The Bertz CT molecular complexity index is 454. The molecule has 2 N–H and O–H groups in total. The summed E-state index contributed by atoms with van der Waals surface area (Å²) in [6.07, 6.45) is 6.49. The van der Waals surface area contributed by atoms with Crippen molar-refractivity contribution in [1.29, 1.82) is 0 Å². The molecule has 0 unspecified atom stereocenters. The minimum absolute atomic E-state index is 0.111. The Kier molecular flexibility index (Phi) is 6.85. The Balaban J connectivity index is 2.51. The molecular formula is C14H22N2O3. The van der Waals surface area contributed by atoms with E-state index in [1.807, 2.05) is 0 Å². The van der Waals surface area contributed by atoms with Crippen molar-refractivity contribution < 1.29 is 9.90 Å². The number of aryl methyl sites for hydroxylation is 2. The number of hydrogen-bond donors (Lipinski definition) is 2. The number of aliphatic carboxylic acids is 1. The summed E-state index contributed by atoms with van der Waals surface area (Å²) >= 11 is 0. The first-order valence-corrected chi connectivity index (χ1v) is 6.92. The van der Waals surface area contributed by atoms with Gasteiger partial charge in [-0.15, -0.1) is 0 Å². The van der Waals surface area contributed by atoms with Crippen LogP contribution in [0.1, 0.15) is 57.0 Å². The van der Waals surface area contributed by atoms with Crippen LogP contribution in [0, 0.1) is 0 Å². The Morgan fingerprint density at radius 3 is 2.74 bits per heavy atom. The molecule has 0 spiro atoms. The third kappa shape index (κ3) is 6.74. The molecule has 0 aliphatic heterocycles. The van der Waals surface area contributed by atoms with Gasteiger partial charge in [-0.25, -0.2) is 4.98 Å². The summed E-state index contributed by atoms with van der Waals surface area (Å²) in [6, 6.07) is 1.46. The largest absolute Gasteiger partial charge is 0.481 e. The molecule has 1 aromatic heterocycles. The number of carboxylic acid groups (broad SMARTS) is 1. The molecular weight excluding hydrogens is 244 g/mol. The molecule has 5 heteroatoms. The van der Waals surface area contributed by atoms with Gasteiger partial charge in [0.15, 0.2) is 0 Å². The van der Waals surface area contributed by atoms with E-state index in [1.54, 1.807) is 0 Å². The molecule has 0 atom stereocenters. The maximum atomic E-state index is 11.5. The molecule has 0 aromatic carbocycles. The van der Waals surface area contributed by atoms with Crippen LogP contribution >= 0.6 is 0 Å². The highest BCUT2D eigenvalue weighted by molar-refractivity contribution is 5.66. The van der Waals surface area contributed by atoms with Crippen molar-refractivity contribution in [3.05, 3.63) is 27.9 Å². The van der Waals surface area contributed by atoms with Crippen LogP contribution in [-0.4, -0.2) is 21.0 Å². The number of aromatic amines is 1. The lowest BCUT2D eigenvalue weighted by molar-refractivity contribution is -0.137. The van der Waals surface area contributed by atoms with Gasteiger partial charge in [0.2, 0.25) is 0 Å². The van der Waals surface area contributed by atoms with Crippen molar-refractivity contribution in [2.45, 2.75) is 58.3 Å². The van der Waals surface area contributed by atoms with Gasteiger partial charge in [0.05, 0.1) is 0 Å². The van der Waals surface area contributed by atoms with Crippen molar-refractivity contribution in [3.8, 4) is 0 Å². The van der Waals surface area contributed by atoms with Gasteiger partial charge in [-0.05, 0) is 19.3 Å². The van der Waals surface area contributed by atoms with E-state index in [9.17, 15) is 9.59 Å². The van der Waals surface area contributed by atoms with E-state index in [0.717, 1.165) is 19.3 Å². The molecule has 0 saturated carbocycles. The average Bonchev–Trinajstić information content (AvgIpc) is 2.34. The topological polar surface area (TPSA) is 83.0 Å². The van der Waals surface area contributed by atoms with E-state index in [4.69, 9.17) is 5.11 Å². The summed E-state index contributed by atoms with van der Waals surface area (Å²) in [5.41, 5.74) is 0.543. The molecule has 0 bridgehead atoms. The van der Waals surface area contributed by atoms with Crippen molar-refractivity contribution in [3.63, 3.8) is 0 Å². The fourth-order valence-electron chi connectivity index (χ4n) is 1.95. The zero-order valence-electron chi connectivity index (χ0n) is 11.4. The molecule has 19 heavy (non-hydrogen) atoms. The first-order valence-electron chi connectivity index (χ1n) is 6.92. The molecule has 0 fully saturated rings. The Morgan fingerprint density at radius 2 is 2.05 bits per heavy atom. The maximum absolute atomic E-state index is 11.5. The van der Waals surface area contributed by atoms with E-state index >= 15 is 0 Å². The van der Waals surface area contributed by atoms with Crippen LogP contribution in [0.3, 0.4) is 0 Å². The fourth-order valence-corrected chi connectivity index (χ4v) is 1.95. The second-order valence-corrected chi connectivity index (χ2v) is 4.74. The molecule has 1 heterocycles. The average molecular weight is 266 g/mol. The number of hydrogen-bond acceptors (Lipinski definition) is 3. The SMILES string of the molecule is CCCCCCc1nc(CCCC(=O)O)cc(=O)[nH]1. The van der Waals surface area contributed by atoms with Crippen LogP contribution in [0.5, 0.6) is 0 Å². The Morgan fingerprint density at radius 1 is 1.26 bits per heavy atom. The van der Waals surface area contributed by atoms with E-state index in [2.05, 4.69) is 16.9 Å². The zero-order valence-corrected chi connectivity index (χ0v) is 11.4. The standard InChI is InChI=1S/C14H22N2O3/c1-2-3-4-5-8-12-15-11(10-13(17)16-12)7-6-9-14(18)19/h10H,2-9H2,1H3,(H,18,19)(H,15,16,17). The number of nitrogens with zero attached hydrogens (tertiary/aromatic N) is 1. The third-order valence-corrected chi connectivity index (χ3v) is 2.93. The van der Waals surface area contributed by atoms with Gasteiger partial charge in [0, 0.05) is 24.6 Å². The molecule has 1 aromatic rings. The molecule has 5 nitrogen and oxygen atoms in total. The highest BCUT2D eigenvalue weighted by Gasteiger charge is 2.03. The van der Waals surface area contributed by atoms with E-state index in [1.165, 1.54) is 18.9 Å². The van der Waals surface area contributed by atoms with Crippen LogP contribution in [0.15, 0.2) is 10.9 Å². The molecule has 0 radical (unpaired) electrons. The number of H-pyrrole nitrogens is 1. The van der Waals surface area contributed by atoms with Crippen LogP contribution in [-0.2, 0) is 17.6 Å². The van der Waals surface area contributed by atoms with Gasteiger partial charge in [0.1, 0.15) is 5.82 Å². The van der Waals surface area contributed by atoms with Crippen LogP contribution < -0.4 is 5.56 Å². The number of nitrogens with one attached hydrogen (secondary N) is 1. The van der Waals surface area contributed by atoms with Gasteiger partial charge >= 0.3 is 5.97 Å². The van der Waals surface area contributed by atoms with E-state index < -0.39 is 5.97 Å². The summed E-state index contributed by atoms with van der Waals surface area (Å²) in [5, 5.41) is 8.58. The first-order chi connectivity index (χ1) is 9.11. The van der Waals surface area contributed by atoms with Gasteiger partial charge in [-0.1, -0.05) is 26.2 Å². The lowest BCUT2D eigenvalue weighted by Crippen LogP contribution is -2.13. The molecule has 1 rings (SSSR count). The number of carboxylic acids is 1. The number of unbranched alkanes of at least 4 members (excludes halogenated alkanes) is 3. The van der Waals surface area contributed by atoms with Gasteiger partial charge in [-0.2, -0.15) is 0 Å². The highest BCUT2D eigenvalue weighted by atomic mass is 16.4. The molecule has 0 amide bonds. The summed E-state index contributed by atoms with van der Waals surface area (Å²) in [5.74, 6) is -0.0986. The second kappa shape index (κ2) is 8.45. The van der Waals surface area contributed by atoms with Gasteiger partial charge in [0.25, 0.3) is 5.56 Å². The first kappa shape index (κ1) is 15.4. The maximum Gasteiger partial charge on any atom is 0.303 e. The number of aromatic nitrogens is 2. The predicted octanol–water partition coefficient (Wildman–Crippen LogP) is 2.30. The molecule has 106 valence electrons. The lowest BCUT2D eigenvalue weighted by Gasteiger charge is -2.04. The smallest absolute Gasteiger partial charge is 0.303 e. The van der Waals surface area contributed by atoms with Crippen LogP contribution in [0.25, 0.3) is 0 Å². The summed E-state index contributed by atoms with van der Waals surface area (Å²) in [6.45, 7) is 2.16. The van der Waals surface area contributed by atoms with Crippen molar-refractivity contribution in [1.82, 2.24) is 9.97 Å². The quantitative estimate of drug-likeness (QED) is 0.672. The third-order valence-electron chi connectivity index (χ3n) is 2.93. The minimum Gasteiger partial charge on any atom is -0.481 e. The fraction of sp³-hybridized carbons (Fsp3) is 0.643. The van der Waals surface area contributed by atoms with E-state index in [-0.39, 0.29) is 12.0 Å². The Hall–Kier alpha value is -1.65. The molecule has 0 aliphatic carbocycles. The van der Waals surface area contributed by atoms with Gasteiger partial charge in [-0.3, -0.25) is 9.59 Å². The van der Waals surface area contributed by atoms with E-state index in [0.29, 0.717) is 24.4 Å².